The van der Waals surface area contributed by atoms with Crippen LogP contribution in [0, 0.1) is 0 Å². The van der Waals surface area contributed by atoms with Crippen LogP contribution in [0.1, 0.15) is 0 Å². The SMILES string of the molecule is C=C(C(F)(F)F)C(F)(F)F.FCC(=C(F)F)C(F)(F)F. The molecule has 0 aliphatic carbocycles. The Kier molecular flexibility index (Phi) is 7.21. The zero-order chi connectivity index (χ0) is 16.9. The van der Waals surface area contributed by atoms with Crippen molar-refractivity contribution in [2.24, 2.45) is 0 Å². The molecule has 0 amide bonds. The lowest BCUT2D eigenvalue weighted by molar-refractivity contribution is -0.171. The summed E-state index contributed by atoms with van der Waals surface area (Å²) in [6.07, 6.45) is -19.0. The monoisotopic (exact) mass is 328 g/mol. The molecule has 0 rings (SSSR count). The van der Waals surface area contributed by atoms with E-state index in [1.54, 1.807) is 0 Å². The van der Waals surface area contributed by atoms with Crippen LogP contribution in [0.5, 0.6) is 0 Å². The van der Waals surface area contributed by atoms with E-state index >= 15 is 0 Å². The third-order valence-electron chi connectivity index (χ3n) is 1.39. The fourth-order valence-electron chi connectivity index (χ4n) is 0.394. The second kappa shape index (κ2) is 6.88. The summed E-state index contributed by atoms with van der Waals surface area (Å²) >= 11 is 0. The third-order valence-corrected chi connectivity index (χ3v) is 1.39. The molecule has 0 aliphatic heterocycles. The molecule has 0 nitrogen and oxygen atoms in total. The zero-order valence-electron chi connectivity index (χ0n) is 8.95. The van der Waals surface area contributed by atoms with Gasteiger partial charge in [-0.15, -0.1) is 0 Å². The Morgan fingerprint density at radius 2 is 1.00 bits per heavy atom. The molecule has 0 unspecified atom stereocenters. The highest BCUT2D eigenvalue weighted by Gasteiger charge is 2.49. The Hall–Kier alpha value is -1.36. The predicted molar refractivity (Wildman–Crippen MR) is 42.5 cm³/mol. The van der Waals surface area contributed by atoms with Gasteiger partial charge >= 0.3 is 18.5 Å². The van der Waals surface area contributed by atoms with Crippen LogP contribution in [-0.4, -0.2) is 25.2 Å². The first kappa shape index (κ1) is 20.9. The predicted octanol–water partition coefficient (Wildman–Crippen LogP) is 5.34. The van der Waals surface area contributed by atoms with Crippen LogP contribution in [0.2, 0.25) is 0 Å². The Labute approximate surface area is 103 Å². The molecule has 0 fully saturated rings. The van der Waals surface area contributed by atoms with Crippen LogP contribution < -0.4 is 0 Å². The van der Waals surface area contributed by atoms with Gasteiger partial charge in [0.2, 0.25) is 0 Å². The molecule has 0 bridgehead atoms. The van der Waals surface area contributed by atoms with E-state index in [0.717, 1.165) is 0 Å². The fourth-order valence-corrected chi connectivity index (χ4v) is 0.394. The molecule has 0 N–H and O–H groups in total. The smallest absolute Gasteiger partial charge is 0.246 e. The van der Waals surface area contributed by atoms with Crippen LogP contribution in [0.3, 0.4) is 0 Å². The summed E-state index contributed by atoms with van der Waals surface area (Å²) in [7, 11) is 0. The van der Waals surface area contributed by atoms with Crippen molar-refractivity contribution in [2.45, 2.75) is 18.5 Å². The van der Waals surface area contributed by atoms with Crippen molar-refractivity contribution in [3.63, 3.8) is 0 Å². The van der Waals surface area contributed by atoms with E-state index < -0.39 is 42.4 Å². The maximum Gasteiger partial charge on any atom is 0.420 e. The number of hydrogen-bond acceptors (Lipinski definition) is 0. The second-order valence-corrected chi connectivity index (χ2v) is 2.84. The Balaban J connectivity index is 0. The van der Waals surface area contributed by atoms with E-state index in [1.165, 1.54) is 0 Å². The molecule has 0 aliphatic rings. The van der Waals surface area contributed by atoms with Crippen molar-refractivity contribution >= 4 is 0 Å². The number of alkyl halides is 10. The minimum absolute atomic E-state index is 1.85. The third kappa shape index (κ3) is 7.94. The second-order valence-electron chi connectivity index (χ2n) is 2.84. The summed E-state index contributed by atoms with van der Waals surface area (Å²) in [5.74, 6) is 0. The van der Waals surface area contributed by atoms with Gasteiger partial charge in [-0.3, -0.25) is 0 Å². The number of halogens is 12. The summed E-state index contributed by atoms with van der Waals surface area (Å²) in [6, 6.07) is 0. The van der Waals surface area contributed by atoms with E-state index in [1.807, 2.05) is 6.58 Å². The van der Waals surface area contributed by atoms with Crippen LogP contribution in [0.25, 0.3) is 0 Å². The molecule has 0 spiro atoms. The average Bonchev–Trinajstić information content (AvgIpc) is 2.12. The van der Waals surface area contributed by atoms with E-state index in [4.69, 9.17) is 0 Å². The molecule has 12 heteroatoms. The van der Waals surface area contributed by atoms with Gasteiger partial charge in [0.25, 0.3) is 6.08 Å². The van der Waals surface area contributed by atoms with Gasteiger partial charge in [0.1, 0.15) is 17.8 Å². The Bertz CT molecular complexity index is 331. The molecule has 120 valence electrons. The minimum atomic E-state index is -5.38. The number of rotatable bonds is 1. The van der Waals surface area contributed by atoms with E-state index in [2.05, 4.69) is 0 Å². The van der Waals surface area contributed by atoms with Crippen molar-refractivity contribution in [3.05, 3.63) is 23.8 Å². The molecular formula is C8H4F12. The first-order valence-electron chi connectivity index (χ1n) is 4.05. The van der Waals surface area contributed by atoms with Crippen LogP contribution in [0.4, 0.5) is 52.7 Å². The minimum Gasteiger partial charge on any atom is -0.246 e. The van der Waals surface area contributed by atoms with Crippen molar-refractivity contribution in [1.82, 2.24) is 0 Å². The molecule has 0 atom stereocenters. The van der Waals surface area contributed by atoms with Crippen LogP contribution >= 0.6 is 0 Å². The first-order chi connectivity index (χ1) is 8.55. The largest absolute Gasteiger partial charge is 0.420 e. The van der Waals surface area contributed by atoms with Crippen molar-refractivity contribution in [3.8, 4) is 0 Å². The molecule has 0 radical (unpaired) electrons. The summed E-state index contributed by atoms with van der Waals surface area (Å²) in [6.45, 7) is -0.341. The van der Waals surface area contributed by atoms with Crippen molar-refractivity contribution in [2.75, 3.05) is 6.67 Å². The molecule has 0 aromatic carbocycles. The lowest BCUT2D eigenvalue weighted by Crippen LogP contribution is -2.24. The highest BCUT2D eigenvalue weighted by Crippen LogP contribution is 2.36. The van der Waals surface area contributed by atoms with E-state index in [9.17, 15) is 52.7 Å². The zero-order valence-corrected chi connectivity index (χ0v) is 8.95. The molecular weight excluding hydrogens is 324 g/mol. The molecule has 20 heavy (non-hydrogen) atoms. The first-order valence-corrected chi connectivity index (χ1v) is 4.05. The van der Waals surface area contributed by atoms with Crippen molar-refractivity contribution < 1.29 is 52.7 Å². The highest BCUT2D eigenvalue weighted by molar-refractivity contribution is 5.09. The summed E-state index contributed by atoms with van der Waals surface area (Å²) < 4.78 is 134. The maximum absolute atomic E-state index is 11.2. The van der Waals surface area contributed by atoms with Gasteiger partial charge in [-0.05, 0) is 0 Å². The Morgan fingerprint density at radius 1 is 0.700 bits per heavy atom. The average molecular weight is 328 g/mol. The van der Waals surface area contributed by atoms with Gasteiger partial charge in [0.15, 0.2) is 0 Å². The summed E-state index contributed by atoms with van der Waals surface area (Å²) in [5.41, 5.74) is -5.09. The van der Waals surface area contributed by atoms with Crippen molar-refractivity contribution in [1.29, 1.82) is 0 Å². The standard InChI is InChI=1S/2C4H2F6/c1-2(3(5,6)7)4(8,9)10;5-1-2(3(6)7)4(8,9)10/h2*1H2. The van der Waals surface area contributed by atoms with Crippen LogP contribution in [0.15, 0.2) is 23.8 Å². The molecule has 0 saturated carbocycles. The number of hydrogen-bond donors (Lipinski definition) is 0. The molecule has 0 saturated heterocycles. The van der Waals surface area contributed by atoms with Gasteiger partial charge in [0, 0.05) is 0 Å². The highest BCUT2D eigenvalue weighted by atomic mass is 19.4. The quantitative estimate of drug-likeness (QED) is 0.450. The van der Waals surface area contributed by atoms with Gasteiger partial charge in [-0.1, -0.05) is 6.58 Å². The molecule has 0 heterocycles. The van der Waals surface area contributed by atoms with Crippen LogP contribution in [-0.2, 0) is 0 Å². The topological polar surface area (TPSA) is 0 Å². The summed E-state index contributed by atoms with van der Waals surface area (Å²) in [4.78, 5) is 0. The Morgan fingerprint density at radius 3 is 1.00 bits per heavy atom. The maximum atomic E-state index is 11.2. The normalized spacial score (nSPS) is 12.4. The van der Waals surface area contributed by atoms with Gasteiger partial charge < -0.3 is 0 Å². The van der Waals surface area contributed by atoms with Gasteiger partial charge in [-0.2, -0.15) is 48.3 Å². The van der Waals surface area contributed by atoms with E-state index in [0.29, 0.717) is 0 Å². The van der Waals surface area contributed by atoms with E-state index in [-0.39, 0.29) is 0 Å². The van der Waals surface area contributed by atoms with Gasteiger partial charge in [0.05, 0.1) is 0 Å². The van der Waals surface area contributed by atoms with Gasteiger partial charge in [-0.25, -0.2) is 4.39 Å². The molecule has 0 aromatic heterocycles. The summed E-state index contributed by atoms with van der Waals surface area (Å²) in [5, 5.41) is 0. The molecule has 0 aromatic rings. The lowest BCUT2D eigenvalue weighted by atomic mass is 10.3. The number of allylic oxidation sites excluding steroid dienone is 2. The fraction of sp³-hybridized carbons (Fsp3) is 0.500. The lowest BCUT2D eigenvalue weighted by Gasteiger charge is -2.12.